The predicted octanol–water partition coefficient (Wildman–Crippen LogP) is 3.28. The van der Waals surface area contributed by atoms with E-state index in [1.807, 2.05) is 48.5 Å². The SMILES string of the molecule is CS(=O)CC1=NOC(c2ccccc2)C1c1ccccc1. The first-order chi connectivity index (χ1) is 10.3. The molecule has 1 heterocycles. The van der Waals surface area contributed by atoms with Crippen LogP contribution >= 0.6 is 0 Å². The van der Waals surface area contributed by atoms with Gasteiger partial charge in [-0.05, 0) is 11.1 Å². The molecule has 0 aromatic heterocycles. The Kier molecular flexibility index (Phi) is 4.15. The van der Waals surface area contributed by atoms with Crippen LogP contribution in [0, 0.1) is 0 Å². The highest BCUT2D eigenvalue weighted by atomic mass is 32.2. The van der Waals surface area contributed by atoms with Crippen molar-refractivity contribution in [3.63, 3.8) is 0 Å². The molecule has 2 aromatic carbocycles. The molecule has 2 aromatic rings. The molecule has 3 nitrogen and oxygen atoms in total. The van der Waals surface area contributed by atoms with E-state index in [1.54, 1.807) is 6.26 Å². The van der Waals surface area contributed by atoms with Crippen LogP contribution in [0.1, 0.15) is 23.1 Å². The molecule has 0 saturated carbocycles. The third kappa shape index (κ3) is 3.05. The molecule has 3 unspecified atom stereocenters. The summed E-state index contributed by atoms with van der Waals surface area (Å²) < 4.78 is 11.6. The van der Waals surface area contributed by atoms with Crippen molar-refractivity contribution in [3.05, 3.63) is 71.8 Å². The standard InChI is InChI=1S/C17H17NO2S/c1-21(19)12-15-16(13-8-4-2-5-9-13)17(20-18-15)14-10-6-3-7-11-14/h2-11,16-17H,12H2,1H3. The van der Waals surface area contributed by atoms with Gasteiger partial charge in [-0.1, -0.05) is 65.8 Å². The number of hydrogen-bond donors (Lipinski definition) is 0. The highest BCUT2D eigenvalue weighted by Crippen LogP contribution is 2.39. The van der Waals surface area contributed by atoms with Crippen LogP contribution in [0.4, 0.5) is 0 Å². The molecule has 108 valence electrons. The maximum absolute atomic E-state index is 11.6. The fraction of sp³-hybridized carbons (Fsp3) is 0.235. The molecule has 0 aliphatic carbocycles. The molecule has 1 aliphatic heterocycles. The lowest BCUT2D eigenvalue weighted by Gasteiger charge is -2.19. The van der Waals surface area contributed by atoms with E-state index < -0.39 is 10.8 Å². The fourth-order valence-electron chi connectivity index (χ4n) is 2.66. The molecule has 0 fully saturated rings. The van der Waals surface area contributed by atoms with E-state index in [1.165, 1.54) is 0 Å². The lowest BCUT2D eigenvalue weighted by molar-refractivity contribution is 0.0763. The van der Waals surface area contributed by atoms with Gasteiger partial charge >= 0.3 is 0 Å². The van der Waals surface area contributed by atoms with Crippen molar-refractivity contribution in [2.75, 3.05) is 12.0 Å². The van der Waals surface area contributed by atoms with Crippen molar-refractivity contribution in [3.8, 4) is 0 Å². The van der Waals surface area contributed by atoms with Gasteiger partial charge in [0.1, 0.15) is 0 Å². The van der Waals surface area contributed by atoms with Crippen molar-refractivity contribution in [2.45, 2.75) is 12.0 Å². The Hall–Kier alpha value is -1.94. The first kappa shape index (κ1) is 14.0. The minimum Gasteiger partial charge on any atom is -0.387 e. The zero-order valence-electron chi connectivity index (χ0n) is 11.8. The highest BCUT2D eigenvalue weighted by molar-refractivity contribution is 7.85. The summed E-state index contributed by atoms with van der Waals surface area (Å²) in [4.78, 5) is 5.67. The Balaban J connectivity index is 1.97. The second kappa shape index (κ2) is 6.22. The highest BCUT2D eigenvalue weighted by Gasteiger charge is 2.36. The molecule has 0 spiro atoms. The summed E-state index contributed by atoms with van der Waals surface area (Å²) in [7, 11) is -0.932. The summed E-state index contributed by atoms with van der Waals surface area (Å²) in [5.74, 6) is 0.473. The molecular weight excluding hydrogens is 282 g/mol. The monoisotopic (exact) mass is 299 g/mol. The summed E-state index contributed by atoms with van der Waals surface area (Å²) in [5.41, 5.74) is 3.09. The third-order valence-electron chi connectivity index (χ3n) is 3.58. The van der Waals surface area contributed by atoms with Crippen molar-refractivity contribution in [2.24, 2.45) is 5.16 Å². The molecule has 4 heteroatoms. The first-order valence-electron chi connectivity index (χ1n) is 6.88. The van der Waals surface area contributed by atoms with E-state index in [2.05, 4.69) is 17.3 Å². The molecule has 0 saturated heterocycles. The lowest BCUT2D eigenvalue weighted by Crippen LogP contribution is -2.20. The van der Waals surface area contributed by atoms with Gasteiger partial charge in [0.05, 0.1) is 17.4 Å². The van der Waals surface area contributed by atoms with Gasteiger partial charge in [-0.15, -0.1) is 0 Å². The van der Waals surface area contributed by atoms with Gasteiger partial charge in [0.25, 0.3) is 0 Å². The van der Waals surface area contributed by atoms with Gasteiger partial charge in [-0.2, -0.15) is 0 Å². The third-order valence-corrected chi connectivity index (χ3v) is 4.29. The maximum atomic E-state index is 11.6. The van der Waals surface area contributed by atoms with E-state index in [9.17, 15) is 4.21 Å². The minimum absolute atomic E-state index is 0.0255. The molecule has 1 aliphatic rings. The van der Waals surface area contributed by atoms with Crippen LogP contribution in [0.15, 0.2) is 65.8 Å². The zero-order chi connectivity index (χ0) is 14.7. The van der Waals surface area contributed by atoms with E-state index in [0.29, 0.717) is 5.75 Å². The van der Waals surface area contributed by atoms with Crippen molar-refractivity contribution in [1.29, 1.82) is 0 Å². The topological polar surface area (TPSA) is 38.7 Å². The quantitative estimate of drug-likeness (QED) is 0.869. The summed E-state index contributed by atoms with van der Waals surface area (Å²) in [6.07, 6.45) is 1.55. The predicted molar refractivity (Wildman–Crippen MR) is 85.8 cm³/mol. The van der Waals surface area contributed by atoms with Gasteiger partial charge in [-0.25, -0.2) is 0 Å². The summed E-state index contributed by atoms with van der Waals surface area (Å²) in [6, 6.07) is 20.2. The average Bonchev–Trinajstić information content (AvgIpc) is 2.92. The molecule has 0 N–H and O–H groups in total. The van der Waals surface area contributed by atoms with Crippen LogP contribution in [0.2, 0.25) is 0 Å². The minimum atomic E-state index is -0.932. The fourth-order valence-corrected chi connectivity index (χ4v) is 3.31. The first-order valence-corrected chi connectivity index (χ1v) is 8.61. The Labute approximate surface area is 127 Å². The Morgan fingerprint density at radius 2 is 1.57 bits per heavy atom. The maximum Gasteiger partial charge on any atom is 0.164 e. The average molecular weight is 299 g/mol. The summed E-state index contributed by atoms with van der Waals surface area (Å²) >= 11 is 0. The summed E-state index contributed by atoms with van der Waals surface area (Å²) in [5, 5.41) is 4.22. The van der Waals surface area contributed by atoms with Gasteiger partial charge in [0.15, 0.2) is 6.10 Å². The van der Waals surface area contributed by atoms with Crippen molar-refractivity contribution in [1.82, 2.24) is 0 Å². The normalized spacial score (nSPS) is 22.4. The van der Waals surface area contributed by atoms with Crippen LogP contribution in [0.5, 0.6) is 0 Å². The second-order valence-corrected chi connectivity index (χ2v) is 6.56. The zero-order valence-corrected chi connectivity index (χ0v) is 12.6. The Morgan fingerprint density at radius 1 is 1.00 bits per heavy atom. The Morgan fingerprint density at radius 3 is 2.14 bits per heavy atom. The number of nitrogens with zero attached hydrogens (tertiary/aromatic N) is 1. The number of benzene rings is 2. The van der Waals surface area contributed by atoms with Gasteiger partial charge in [0, 0.05) is 17.1 Å². The lowest BCUT2D eigenvalue weighted by atomic mass is 9.86. The molecule has 3 atom stereocenters. The largest absolute Gasteiger partial charge is 0.387 e. The number of hydrogen-bond acceptors (Lipinski definition) is 3. The summed E-state index contributed by atoms with van der Waals surface area (Å²) in [6.45, 7) is 0. The van der Waals surface area contributed by atoms with E-state index in [0.717, 1.165) is 16.8 Å². The van der Waals surface area contributed by atoms with Gasteiger partial charge in [-0.3, -0.25) is 4.21 Å². The second-order valence-electron chi connectivity index (χ2n) is 5.13. The van der Waals surface area contributed by atoms with E-state index in [-0.39, 0.29) is 12.0 Å². The van der Waals surface area contributed by atoms with Crippen LogP contribution in [0.3, 0.4) is 0 Å². The molecule has 21 heavy (non-hydrogen) atoms. The molecule has 0 amide bonds. The molecule has 3 rings (SSSR count). The van der Waals surface area contributed by atoms with E-state index >= 15 is 0 Å². The smallest absolute Gasteiger partial charge is 0.164 e. The van der Waals surface area contributed by atoms with Crippen molar-refractivity contribution < 1.29 is 9.05 Å². The molecular formula is C17H17NO2S. The van der Waals surface area contributed by atoms with Crippen LogP contribution < -0.4 is 0 Å². The Bertz CT molecular complexity index is 655. The van der Waals surface area contributed by atoms with Crippen molar-refractivity contribution >= 4 is 16.5 Å². The van der Waals surface area contributed by atoms with Crippen LogP contribution in [-0.4, -0.2) is 21.9 Å². The van der Waals surface area contributed by atoms with Crippen LogP contribution in [0.25, 0.3) is 0 Å². The van der Waals surface area contributed by atoms with Crippen LogP contribution in [-0.2, 0) is 15.6 Å². The van der Waals surface area contributed by atoms with Gasteiger partial charge in [0.2, 0.25) is 0 Å². The number of oxime groups is 1. The number of rotatable bonds is 4. The molecule has 0 bridgehead atoms. The van der Waals surface area contributed by atoms with E-state index in [4.69, 9.17) is 4.84 Å². The van der Waals surface area contributed by atoms with Gasteiger partial charge < -0.3 is 4.84 Å². The molecule has 0 radical (unpaired) electrons.